The van der Waals surface area contributed by atoms with E-state index in [1.807, 2.05) is 18.2 Å². The van der Waals surface area contributed by atoms with E-state index in [1.165, 1.54) is 5.56 Å². The number of fused-ring (bicyclic) bond motifs is 1. The van der Waals surface area contributed by atoms with Crippen molar-refractivity contribution in [3.05, 3.63) is 53.6 Å². The van der Waals surface area contributed by atoms with Gasteiger partial charge in [0.15, 0.2) is 17.5 Å². The zero-order valence-corrected chi connectivity index (χ0v) is 19.5. The van der Waals surface area contributed by atoms with Crippen LogP contribution >= 0.6 is 24.0 Å². The van der Waals surface area contributed by atoms with Crippen LogP contribution in [0.15, 0.2) is 47.5 Å². The van der Waals surface area contributed by atoms with Crippen molar-refractivity contribution in [3.63, 3.8) is 0 Å². The van der Waals surface area contributed by atoms with Crippen LogP contribution in [0.4, 0.5) is 0 Å². The Morgan fingerprint density at radius 1 is 1.00 bits per heavy atom. The average Bonchev–Trinajstić information content (AvgIpc) is 3.21. The highest BCUT2D eigenvalue weighted by atomic mass is 127. The maximum atomic E-state index is 9.42. The Hall–Kier alpha value is -2.20. The number of phenolic OH excluding ortho intramolecular Hbond substituents is 1. The molecule has 2 N–H and O–H groups in total. The van der Waals surface area contributed by atoms with Crippen LogP contribution in [0, 0.1) is 0 Å². The van der Waals surface area contributed by atoms with Crippen molar-refractivity contribution in [3.8, 4) is 17.2 Å². The third-order valence-corrected chi connectivity index (χ3v) is 5.20. The van der Waals surface area contributed by atoms with Gasteiger partial charge in [0.2, 0.25) is 6.79 Å². The van der Waals surface area contributed by atoms with E-state index in [9.17, 15) is 5.11 Å². The molecule has 0 amide bonds. The quantitative estimate of drug-likeness (QED) is 0.356. The highest BCUT2D eigenvalue weighted by Gasteiger charge is 2.21. The van der Waals surface area contributed by atoms with Crippen molar-refractivity contribution in [2.24, 2.45) is 4.99 Å². The lowest BCUT2D eigenvalue weighted by molar-refractivity contribution is 0.171. The summed E-state index contributed by atoms with van der Waals surface area (Å²) in [4.78, 5) is 9.56. The minimum absolute atomic E-state index is 0. The summed E-state index contributed by atoms with van der Waals surface area (Å²) in [5, 5.41) is 12.8. The van der Waals surface area contributed by atoms with Crippen LogP contribution in [-0.2, 0) is 13.1 Å². The Kier molecular flexibility index (Phi) is 8.03. The number of ether oxygens (including phenoxy) is 2. The molecule has 0 saturated carbocycles. The number of hydrogen-bond acceptors (Lipinski definition) is 5. The van der Waals surface area contributed by atoms with Gasteiger partial charge in [0, 0.05) is 39.3 Å². The molecule has 162 valence electrons. The summed E-state index contributed by atoms with van der Waals surface area (Å²) < 4.78 is 10.9. The van der Waals surface area contributed by atoms with Crippen LogP contribution in [0.2, 0.25) is 0 Å². The zero-order valence-electron chi connectivity index (χ0n) is 17.2. The smallest absolute Gasteiger partial charge is 0.231 e. The summed E-state index contributed by atoms with van der Waals surface area (Å²) in [5.41, 5.74) is 2.33. The van der Waals surface area contributed by atoms with Gasteiger partial charge >= 0.3 is 0 Å². The van der Waals surface area contributed by atoms with Gasteiger partial charge in [-0.3, -0.25) is 4.90 Å². The fourth-order valence-corrected chi connectivity index (χ4v) is 3.61. The second kappa shape index (κ2) is 10.7. The van der Waals surface area contributed by atoms with E-state index in [0.29, 0.717) is 13.3 Å². The molecule has 2 aromatic carbocycles. The minimum atomic E-state index is 0. The van der Waals surface area contributed by atoms with Crippen LogP contribution in [-0.4, -0.2) is 60.4 Å². The first-order chi connectivity index (χ1) is 14.2. The van der Waals surface area contributed by atoms with Crippen LogP contribution in [0.3, 0.4) is 0 Å². The maximum absolute atomic E-state index is 9.42. The van der Waals surface area contributed by atoms with Crippen molar-refractivity contribution in [2.45, 2.75) is 20.0 Å². The summed E-state index contributed by atoms with van der Waals surface area (Å²) in [5.74, 6) is 2.90. The number of guanidine groups is 1. The van der Waals surface area contributed by atoms with Gasteiger partial charge in [-0.2, -0.15) is 0 Å². The molecule has 0 unspecified atom stereocenters. The monoisotopic (exact) mass is 524 g/mol. The Morgan fingerprint density at radius 3 is 2.43 bits per heavy atom. The van der Waals surface area contributed by atoms with E-state index in [4.69, 9.17) is 14.5 Å². The molecule has 0 spiro atoms. The lowest BCUT2D eigenvalue weighted by Gasteiger charge is -2.36. The maximum Gasteiger partial charge on any atom is 0.231 e. The molecule has 4 rings (SSSR count). The number of phenols is 1. The number of nitrogens with one attached hydrogen (secondary N) is 1. The molecule has 8 heteroatoms. The van der Waals surface area contributed by atoms with E-state index in [-0.39, 0.29) is 29.7 Å². The highest BCUT2D eigenvalue weighted by Crippen LogP contribution is 2.32. The van der Waals surface area contributed by atoms with Crippen molar-refractivity contribution in [2.75, 3.05) is 39.5 Å². The predicted molar refractivity (Wildman–Crippen MR) is 128 cm³/mol. The molecule has 0 bridgehead atoms. The van der Waals surface area contributed by atoms with Crippen LogP contribution < -0.4 is 14.8 Å². The van der Waals surface area contributed by atoms with Crippen molar-refractivity contribution in [1.29, 1.82) is 0 Å². The average molecular weight is 524 g/mol. The number of rotatable bonds is 5. The number of piperazine rings is 1. The third-order valence-electron chi connectivity index (χ3n) is 5.20. The van der Waals surface area contributed by atoms with Gasteiger partial charge in [-0.05, 0) is 42.3 Å². The molecule has 2 aromatic rings. The second-order valence-electron chi connectivity index (χ2n) is 7.29. The predicted octanol–water partition coefficient (Wildman–Crippen LogP) is 3.02. The van der Waals surface area contributed by atoms with Crippen LogP contribution in [0.5, 0.6) is 17.2 Å². The first-order valence-corrected chi connectivity index (χ1v) is 10.1. The third kappa shape index (κ3) is 5.69. The molecular weight excluding hydrogens is 495 g/mol. The van der Waals surface area contributed by atoms with E-state index < -0.39 is 0 Å². The lowest BCUT2D eigenvalue weighted by atomic mass is 10.1. The van der Waals surface area contributed by atoms with Crippen LogP contribution in [0.1, 0.15) is 18.1 Å². The SMILES string of the molecule is CCNC(=NCc1ccc(O)cc1)N1CCN(Cc2ccc3c(c2)OCO3)CC1.I. The zero-order chi connectivity index (χ0) is 20.1. The number of benzene rings is 2. The number of nitrogens with zero attached hydrogens (tertiary/aromatic N) is 3. The van der Waals surface area contributed by atoms with E-state index in [2.05, 4.69) is 34.2 Å². The molecule has 2 aliphatic rings. The van der Waals surface area contributed by atoms with E-state index in [1.54, 1.807) is 12.1 Å². The molecular formula is C22H29IN4O3. The normalized spacial score (nSPS) is 16.3. The molecule has 2 aliphatic heterocycles. The summed E-state index contributed by atoms with van der Waals surface area (Å²) in [6.45, 7) is 8.59. The van der Waals surface area contributed by atoms with Gasteiger partial charge in [0.1, 0.15) is 5.75 Å². The highest BCUT2D eigenvalue weighted by molar-refractivity contribution is 14.0. The molecule has 7 nitrogen and oxygen atoms in total. The number of halogens is 1. The van der Waals surface area contributed by atoms with Gasteiger partial charge in [0.05, 0.1) is 6.54 Å². The van der Waals surface area contributed by atoms with E-state index >= 15 is 0 Å². The standard InChI is InChI=1S/C22H28N4O3.HI/c1-2-23-22(24-14-17-3-6-19(27)7-4-17)26-11-9-25(10-12-26)15-18-5-8-20-21(13-18)29-16-28-20;/h3-8,13,27H,2,9-12,14-16H2,1H3,(H,23,24);1H. The second-order valence-corrected chi connectivity index (χ2v) is 7.29. The molecule has 30 heavy (non-hydrogen) atoms. The summed E-state index contributed by atoms with van der Waals surface area (Å²) in [7, 11) is 0. The fourth-order valence-electron chi connectivity index (χ4n) is 3.61. The molecule has 0 aliphatic carbocycles. The first-order valence-electron chi connectivity index (χ1n) is 10.1. The minimum Gasteiger partial charge on any atom is -0.508 e. The Morgan fingerprint density at radius 2 is 1.70 bits per heavy atom. The number of hydrogen-bond donors (Lipinski definition) is 2. The summed E-state index contributed by atoms with van der Waals surface area (Å²) >= 11 is 0. The molecule has 2 heterocycles. The summed E-state index contributed by atoms with van der Waals surface area (Å²) in [6, 6.07) is 13.4. The Balaban J connectivity index is 0.00000256. The fraction of sp³-hybridized carbons (Fsp3) is 0.409. The van der Waals surface area contributed by atoms with Gasteiger partial charge in [-0.15, -0.1) is 24.0 Å². The largest absolute Gasteiger partial charge is 0.508 e. The van der Waals surface area contributed by atoms with Gasteiger partial charge in [0.25, 0.3) is 0 Å². The van der Waals surface area contributed by atoms with Crippen LogP contribution in [0.25, 0.3) is 0 Å². The first kappa shape index (κ1) is 22.5. The number of aromatic hydroxyl groups is 1. The topological polar surface area (TPSA) is 69.6 Å². The van der Waals surface area contributed by atoms with Crippen molar-refractivity contribution >= 4 is 29.9 Å². The van der Waals surface area contributed by atoms with Crippen molar-refractivity contribution in [1.82, 2.24) is 15.1 Å². The lowest BCUT2D eigenvalue weighted by Crippen LogP contribution is -2.52. The summed E-state index contributed by atoms with van der Waals surface area (Å²) in [6.07, 6.45) is 0. The number of aliphatic imine (C=N–C) groups is 1. The van der Waals surface area contributed by atoms with Gasteiger partial charge in [-0.25, -0.2) is 4.99 Å². The van der Waals surface area contributed by atoms with Gasteiger partial charge in [-0.1, -0.05) is 18.2 Å². The molecule has 1 saturated heterocycles. The van der Waals surface area contributed by atoms with E-state index in [0.717, 1.165) is 62.3 Å². The molecule has 0 aromatic heterocycles. The molecule has 1 fully saturated rings. The Bertz CT molecular complexity index is 852. The van der Waals surface area contributed by atoms with Gasteiger partial charge < -0.3 is 24.8 Å². The Labute approximate surface area is 194 Å². The molecule has 0 radical (unpaired) electrons. The van der Waals surface area contributed by atoms with Crippen molar-refractivity contribution < 1.29 is 14.6 Å². The molecule has 0 atom stereocenters.